The molecule has 0 saturated heterocycles. The maximum absolute atomic E-state index is 13.2. The Kier molecular flexibility index (Phi) is 5.15. The fourth-order valence-corrected chi connectivity index (χ4v) is 2.09. The second-order valence-electron chi connectivity index (χ2n) is 4.82. The van der Waals surface area contributed by atoms with Crippen LogP contribution in [0.3, 0.4) is 0 Å². The lowest BCUT2D eigenvalue weighted by Gasteiger charge is -2.13. The Balaban J connectivity index is 2.17. The van der Waals surface area contributed by atoms with E-state index in [-0.39, 0.29) is 5.82 Å². The first kappa shape index (κ1) is 15.0. The molecule has 106 valence electrons. The molecule has 2 rings (SSSR count). The second-order valence-corrected chi connectivity index (χ2v) is 5.68. The number of halogens is 2. The average molecular weight is 338 g/mol. The molecule has 1 N–H and O–H groups in total. The van der Waals surface area contributed by atoms with Crippen LogP contribution in [-0.4, -0.2) is 6.04 Å². The van der Waals surface area contributed by atoms with Crippen LogP contribution in [0.4, 0.5) is 4.39 Å². The van der Waals surface area contributed by atoms with Crippen LogP contribution in [-0.2, 0) is 6.54 Å². The molecule has 2 aromatic carbocycles. The summed E-state index contributed by atoms with van der Waals surface area (Å²) >= 11 is 3.16. The van der Waals surface area contributed by atoms with Crippen molar-refractivity contribution in [3.63, 3.8) is 0 Å². The van der Waals surface area contributed by atoms with E-state index in [2.05, 4.69) is 35.1 Å². The quantitative estimate of drug-likeness (QED) is 0.839. The van der Waals surface area contributed by atoms with Gasteiger partial charge in [-0.05, 0) is 40.2 Å². The first-order valence-electron chi connectivity index (χ1n) is 6.50. The SMILES string of the molecule is CC(C)NCc1ccccc1Oc1ccc(F)c(Br)c1. The van der Waals surface area contributed by atoms with Crippen molar-refractivity contribution in [3.8, 4) is 11.5 Å². The van der Waals surface area contributed by atoms with Crippen LogP contribution in [0.5, 0.6) is 11.5 Å². The third-order valence-corrected chi connectivity index (χ3v) is 3.40. The molecule has 0 spiro atoms. The van der Waals surface area contributed by atoms with E-state index in [1.807, 2.05) is 24.3 Å². The lowest BCUT2D eigenvalue weighted by Crippen LogP contribution is -2.22. The molecule has 0 aliphatic rings. The molecule has 2 nitrogen and oxygen atoms in total. The van der Waals surface area contributed by atoms with Gasteiger partial charge in [-0.2, -0.15) is 0 Å². The van der Waals surface area contributed by atoms with Crippen LogP contribution < -0.4 is 10.1 Å². The first-order chi connectivity index (χ1) is 9.56. The first-order valence-corrected chi connectivity index (χ1v) is 7.30. The van der Waals surface area contributed by atoms with E-state index in [4.69, 9.17) is 4.74 Å². The molecule has 0 aliphatic heterocycles. The van der Waals surface area contributed by atoms with Gasteiger partial charge >= 0.3 is 0 Å². The third kappa shape index (κ3) is 4.05. The number of rotatable bonds is 5. The van der Waals surface area contributed by atoms with E-state index in [1.165, 1.54) is 6.07 Å². The Morgan fingerprint density at radius 2 is 1.95 bits per heavy atom. The molecule has 0 amide bonds. The fourth-order valence-electron chi connectivity index (χ4n) is 1.73. The van der Waals surface area contributed by atoms with Crippen LogP contribution in [0.15, 0.2) is 46.9 Å². The summed E-state index contributed by atoms with van der Waals surface area (Å²) in [5.41, 5.74) is 1.07. The number of benzene rings is 2. The summed E-state index contributed by atoms with van der Waals surface area (Å²) in [6.07, 6.45) is 0. The molecule has 0 radical (unpaired) electrons. The van der Waals surface area contributed by atoms with E-state index in [9.17, 15) is 4.39 Å². The van der Waals surface area contributed by atoms with Gasteiger partial charge in [-0.25, -0.2) is 4.39 Å². The van der Waals surface area contributed by atoms with E-state index >= 15 is 0 Å². The van der Waals surface area contributed by atoms with Gasteiger partial charge in [0.15, 0.2) is 0 Å². The number of ether oxygens (including phenoxy) is 1. The molecule has 0 saturated carbocycles. The van der Waals surface area contributed by atoms with Crippen molar-refractivity contribution in [1.82, 2.24) is 5.32 Å². The van der Waals surface area contributed by atoms with Gasteiger partial charge in [-0.3, -0.25) is 0 Å². The molecule has 0 unspecified atom stereocenters. The van der Waals surface area contributed by atoms with Crippen LogP contribution >= 0.6 is 15.9 Å². The van der Waals surface area contributed by atoms with E-state index in [0.717, 1.165) is 17.9 Å². The van der Waals surface area contributed by atoms with Gasteiger partial charge < -0.3 is 10.1 Å². The molecule has 0 bridgehead atoms. The minimum atomic E-state index is -0.299. The van der Waals surface area contributed by atoms with Crippen molar-refractivity contribution in [2.24, 2.45) is 0 Å². The zero-order valence-electron chi connectivity index (χ0n) is 11.5. The van der Waals surface area contributed by atoms with Crippen LogP contribution in [0.1, 0.15) is 19.4 Å². The van der Waals surface area contributed by atoms with Gasteiger partial charge in [-0.15, -0.1) is 0 Å². The van der Waals surface area contributed by atoms with Gasteiger partial charge in [0, 0.05) is 18.2 Å². The van der Waals surface area contributed by atoms with E-state index in [1.54, 1.807) is 12.1 Å². The number of hydrogen-bond acceptors (Lipinski definition) is 2. The molecular formula is C16H17BrFNO. The van der Waals surface area contributed by atoms with Crippen molar-refractivity contribution >= 4 is 15.9 Å². The third-order valence-electron chi connectivity index (χ3n) is 2.79. The predicted molar refractivity (Wildman–Crippen MR) is 82.6 cm³/mol. The molecular weight excluding hydrogens is 321 g/mol. The maximum atomic E-state index is 13.2. The van der Waals surface area contributed by atoms with E-state index < -0.39 is 0 Å². The fraction of sp³-hybridized carbons (Fsp3) is 0.250. The van der Waals surface area contributed by atoms with Gasteiger partial charge in [0.05, 0.1) is 4.47 Å². The smallest absolute Gasteiger partial charge is 0.137 e. The van der Waals surface area contributed by atoms with Crippen molar-refractivity contribution in [1.29, 1.82) is 0 Å². The number of nitrogens with one attached hydrogen (secondary N) is 1. The summed E-state index contributed by atoms with van der Waals surface area (Å²) < 4.78 is 19.5. The predicted octanol–water partition coefficient (Wildman–Crippen LogP) is 4.88. The number of hydrogen-bond donors (Lipinski definition) is 1. The van der Waals surface area contributed by atoms with Gasteiger partial charge in [0.1, 0.15) is 17.3 Å². The summed E-state index contributed by atoms with van der Waals surface area (Å²) in [5, 5.41) is 3.36. The van der Waals surface area contributed by atoms with Gasteiger partial charge in [0.25, 0.3) is 0 Å². The van der Waals surface area contributed by atoms with Crippen LogP contribution in [0, 0.1) is 5.82 Å². The van der Waals surface area contributed by atoms with Crippen LogP contribution in [0.25, 0.3) is 0 Å². The Labute approximate surface area is 127 Å². The molecule has 2 aromatic rings. The summed E-state index contributed by atoms with van der Waals surface area (Å²) in [6.45, 7) is 4.93. The molecule has 0 fully saturated rings. The Bertz CT molecular complexity index is 586. The average Bonchev–Trinajstić information content (AvgIpc) is 2.42. The van der Waals surface area contributed by atoms with E-state index in [0.29, 0.717) is 16.3 Å². The summed E-state index contributed by atoms with van der Waals surface area (Å²) in [4.78, 5) is 0. The largest absolute Gasteiger partial charge is 0.457 e. The Morgan fingerprint density at radius 1 is 1.20 bits per heavy atom. The summed E-state index contributed by atoms with van der Waals surface area (Å²) in [6, 6.07) is 12.9. The van der Waals surface area contributed by atoms with Crippen molar-refractivity contribution in [2.75, 3.05) is 0 Å². The van der Waals surface area contributed by atoms with Crippen molar-refractivity contribution in [3.05, 3.63) is 58.3 Å². The standard InChI is InChI=1S/C16H17BrFNO/c1-11(2)19-10-12-5-3-4-6-16(12)20-13-7-8-15(18)14(17)9-13/h3-9,11,19H,10H2,1-2H3. The molecule has 0 atom stereocenters. The summed E-state index contributed by atoms with van der Waals surface area (Å²) in [7, 11) is 0. The molecule has 20 heavy (non-hydrogen) atoms. The molecule has 0 aromatic heterocycles. The topological polar surface area (TPSA) is 21.3 Å². The monoisotopic (exact) mass is 337 g/mol. The highest BCUT2D eigenvalue weighted by atomic mass is 79.9. The van der Waals surface area contributed by atoms with Crippen molar-refractivity contribution in [2.45, 2.75) is 26.4 Å². The Hall–Kier alpha value is -1.39. The highest BCUT2D eigenvalue weighted by Crippen LogP contribution is 2.28. The van der Waals surface area contributed by atoms with Gasteiger partial charge in [-0.1, -0.05) is 32.0 Å². The number of para-hydroxylation sites is 1. The van der Waals surface area contributed by atoms with Gasteiger partial charge in [0.2, 0.25) is 0 Å². The highest BCUT2D eigenvalue weighted by Gasteiger charge is 2.07. The zero-order chi connectivity index (χ0) is 14.5. The molecule has 0 aliphatic carbocycles. The molecule has 4 heteroatoms. The lowest BCUT2D eigenvalue weighted by atomic mass is 10.2. The molecule has 0 heterocycles. The highest BCUT2D eigenvalue weighted by molar-refractivity contribution is 9.10. The van der Waals surface area contributed by atoms with Crippen LogP contribution in [0.2, 0.25) is 0 Å². The second kappa shape index (κ2) is 6.86. The minimum absolute atomic E-state index is 0.299. The Morgan fingerprint density at radius 3 is 2.65 bits per heavy atom. The normalized spacial score (nSPS) is 10.8. The van der Waals surface area contributed by atoms with Crippen molar-refractivity contribution < 1.29 is 9.13 Å². The summed E-state index contributed by atoms with van der Waals surface area (Å²) in [5.74, 6) is 1.08. The zero-order valence-corrected chi connectivity index (χ0v) is 13.1. The maximum Gasteiger partial charge on any atom is 0.137 e. The lowest BCUT2D eigenvalue weighted by molar-refractivity contribution is 0.467. The minimum Gasteiger partial charge on any atom is -0.457 e.